The summed E-state index contributed by atoms with van der Waals surface area (Å²) in [4.78, 5) is 22.6. The summed E-state index contributed by atoms with van der Waals surface area (Å²) in [5, 5.41) is 4.29. The fraction of sp³-hybridized carbons (Fsp3) is 0.240. The van der Waals surface area contributed by atoms with Gasteiger partial charge < -0.3 is 9.47 Å². The smallest absolute Gasteiger partial charge is 0.335 e. The lowest BCUT2D eigenvalue weighted by Gasteiger charge is -2.08. The summed E-state index contributed by atoms with van der Waals surface area (Å²) in [6, 6.07) is 28.7. The van der Waals surface area contributed by atoms with Crippen molar-refractivity contribution in [3.05, 3.63) is 149 Å². The van der Waals surface area contributed by atoms with E-state index in [1.807, 2.05) is 24.3 Å². The van der Waals surface area contributed by atoms with Crippen LogP contribution < -0.4 is 4.74 Å². The van der Waals surface area contributed by atoms with Crippen LogP contribution in [0.1, 0.15) is 97.7 Å². The first-order chi connectivity index (χ1) is 26.4. The number of carbonyl (C=O) groups is 2. The average Bonchev–Trinajstić information content (AvgIpc) is 3.20. The number of ether oxygens (including phenoxy) is 2. The number of esters is 2. The molecule has 0 heterocycles. The second-order valence-corrected chi connectivity index (χ2v) is 13.0. The van der Waals surface area contributed by atoms with Gasteiger partial charge in [0.1, 0.15) is 5.75 Å². The standard InChI is InChI=1S/C50H46O4/c1-5-40-35-46(26-21-39-22-27-47-36-48(54-50(52)8-4)29-28-44(47)33-39)41(6-2)34-45(40)25-20-38-19-24-42-31-37(18-23-43(42)32-38)17-15-13-11-9-10-12-14-16-30-53-49(51)7-3/h7-8,18-19,22-24,27-29,31-36H,3-6,9-14,16,30H2,1-2H3. The van der Waals surface area contributed by atoms with Crippen LogP contribution in [0.5, 0.6) is 5.75 Å². The first-order valence-electron chi connectivity index (χ1n) is 18.8. The molecule has 0 saturated heterocycles. The minimum atomic E-state index is -0.480. The average molecular weight is 711 g/mol. The monoisotopic (exact) mass is 710 g/mol. The normalized spacial score (nSPS) is 10.3. The molecule has 0 saturated carbocycles. The lowest BCUT2D eigenvalue weighted by atomic mass is 9.95. The van der Waals surface area contributed by atoms with Crippen LogP contribution in [0.25, 0.3) is 21.5 Å². The van der Waals surface area contributed by atoms with Gasteiger partial charge in [0.05, 0.1) is 6.61 Å². The summed E-state index contributed by atoms with van der Waals surface area (Å²) >= 11 is 0. The highest BCUT2D eigenvalue weighted by atomic mass is 16.5. The number of aryl methyl sites for hydroxylation is 2. The van der Waals surface area contributed by atoms with Crippen molar-refractivity contribution in [2.24, 2.45) is 0 Å². The summed E-state index contributed by atoms with van der Waals surface area (Å²) < 4.78 is 10.3. The number of benzene rings is 5. The first-order valence-corrected chi connectivity index (χ1v) is 18.8. The zero-order valence-corrected chi connectivity index (χ0v) is 31.4. The Morgan fingerprint density at radius 1 is 0.556 bits per heavy atom. The van der Waals surface area contributed by atoms with E-state index in [2.05, 4.69) is 117 Å². The molecule has 0 bridgehead atoms. The highest BCUT2D eigenvalue weighted by molar-refractivity contribution is 5.88. The molecule has 4 heteroatoms. The molecular formula is C50H46O4. The van der Waals surface area contributed by atoms with Crippen LogP contribution in [-0.2, 0) is 27.2 Å². The van der Waals surface area contributed by atoms with Crippen LogP contribution in [0, 0.1) is 35.5 Å². The minimum Gasteiger partial charge on any atom is -0.463 e. The minimum absolute atomic E-state index is 0.346. The Labute approximate surface area is 320 Å². The van der Waals surface area contributed by atoms with Crippen molar-refractivity contribution in [3.63, 3.8) is 0 Å². The Morgan fingerprint density at radius 3 is 1.57 bits per heavy atom. The maximum atomic E-state index is 11.6. The second kappa shape index (κ2) is 20.1. The molecule has 5 aromatic rings. The van der Waals surface area contributed by atoms with Crippen LogP contribution >= 0.6 is 0 Å². The Bertz CT molecular complexity index is 2360. The fourth-order valence-electron chi connectivity index (χ4n) is 6.13. The van der Waals surface area contributed by atoms with Crippen molar-refractivity contribution in [2.75, 3.05) is 6.61 Å². The van der Waals surface area contributed by atoms with Crippen molar-refractivity contribution in [3.8, 4) is 41.3 Å². The molecule has 0 radical (unpaired) electrons. The Hall–Kier alpha value is -6.28. The zero-order chi connectivity index (χ0) is 38.1. The van der Waals surface area contributed by atoms with Crippen LogP contribution in [-0.4, -0.2) is 18.5 Å². The second-order valence-electron chi connectivity index (χ2n) is 13.0. The predicted molar refractivity (Wildman–Crippen MR) is 221 cm³/mol. The van der Waals surface area contributed by atoms with Crippen molar-refractivity contribution in [1.82, 2.24) is 0 Å². The molecule has 0 aromatic heterocycles. The van der Waals surface area contributed by atoms with Gasteiger partial charge in [0.2, 0.25) is 0 Å². The molecule has 54 heavy (non-hydrogen) atoms. The maximum absolute atomic E-state index is 11.6. The summed E-state index contributed by atoms with van der Waals surface area (Å²) in [5.74, 6) is 20.0. The van der Waals surface area contributed by atoms with Crippen molar-refractivity contribution in [1.29, 1.82) is 0 Å². The number of hydrogen-bond donors (Lipinski definition) is 0. The molecule has 0 aliphatic rings. The van der Waals surface area contributed by atoms with Gasteiger partial charge in [0, 0.05) is 46.4 Å². The molecule has 4 nitrogen and oxygen atoms in total. The number of fused-ring (bicyclic) bond motifs is 2. The van der Waals surface area contributed by atoms with E-state index in [1.54, 1.807) is 6.07 Å². The van der Waals surface area contributed by atoms with Crippen molar-refractivity contribution < 1.29 is 19.1 Å². The van der Waals surface area contributed by atoms with E-state index in [1.165, 1.54) is 23.6 Å². The van der Waals surface area contributed by atoms with E-state index in [0.717, 1.165) is 107 Å². The van der Waals surface area contributed by atoms with Crippen LogP contribution in [0.3, 0.4) is 0 Å². The molecule has 0 spiro atoms. The quantitative estimate of drug-likeness (QED) is 0.0401. The van der Waals surface area contributed by atoms with Crippen LogP contribution in [0.15, 0.2) is 110 Å². The van der Waals surface area contributed by atoms with Gasteiger partial charge in [0.25, 0.3) is 0 Å². The Kier molecular flexibility index (Phi) is 14.5. The van der Waals surface area contributed by atoms with Gasteiger partial charge in [-0.1, -0.05) is 112 Å². The maximum Gasteiger partial charge on any atom is 0.335 e. The third kappa shape index (κ3) is 11.4. The van der Waals surface area contributed by atoms with Gasteiger partial charge >= 0.3 is 11.9 Å². The molecule has 0 fully saturated rings. The van der Waals surface area contributed by atoms with Gasteiger partial charge in [-0.2, -0.15) is 0 Å². The topological polar surface area (TPSA) is 52.6 Å². The lowest BCUT2D eigenvalue weighted by Crippen LogP contribution is -2.02. The van der Waals surface area contributed by atoms with E-state index in [-0.39, 0.29) is 5.97 Å². The largest absolute Gasteiger partial charge is 0.463 e. The highest BCUT2D eigenvalue weighted by Crippen LogP contribution is 2.23. The van der Waals surface area contributed by atoms with E-state index < -0.39 is 5.97 Å². The molecule has 270 valence electrons. The van der Waals surface area contributed by atoms with Gasteiger partial charge in [0.15, 0.2) is 0 Å². The summed E-state index contributed by atoms with van der Waals surface area (Å²) in [5.41, 5.74) is 7.33. The molecule has 0 amide bonds. The third-order valence-electron chi connectivity index (χ3n) is 9.15. The summed E-state index contributed by atoms with van der Waals surface area (Å²) in [6.07, 6.45) is 11.5. The van der Waals surface area contributed by atoms with Crippen LogP contribution in [0.4, 0.5) is 0 Å². The zero-order valence-electron chi connectivity index (χ0n) is 31.4. The third-order valence-corrected chi connectivity index (χ3v) is 9.15. The number of carbonyl (C=O) groups excluding carboxylic acids is 2. The SMILES string of the molecule is C=CC(=O)OCCCCCCCCC#Cc1ccc2cc(C#Cc3cc(CC)c(C#Cc4ccc5cc(OC(=O)C=C)ccc5c4)cc3CC)ccc2c1. The Morgan fingerprint density at radius 2 is 1.04 bits per heavy atom. The van der Waals surface area contributed by atoms with Gasteiger partial charge in [-0.15, -0.1) is 0 Å². The van der Waals surface area contributed by atoms with Crippen LogP contribution in [0.2, 0.25) is 0 Å². The molecular weight excluding hydrogens is 665 g/mol. The number of unbranched alkanes of at least 4 members (excludes halogenated alkanes) is 6. The van der Waals surface area contributed by atoms with E-state index in [0.29, 0.717) is 12.4 Å². The van der Waals surface area contributed by atoms with E-state index in [4.69, 9.17) is 9.47 Å². The first kappa shape index (κ1) is 38.9. The molecule has 0 aliphatic heterocycles. The summed E-state index contributed by atoms with van der Waals surface area (Å²) in [6.45, 7) is 11.6. The highest BCUT2D eigenvalue weighted by Gasteiger charge is 2.07. The van der Waals surface area contributed by atoms with Gasteiger partial charge in [-0.05, 0) is 119 Å². The molecule has 5 aromatic carbocycles. The Balaban J connectivity index is 1.19. The number of rotatable bonds is 13. The van der Waals surface area contributed by atoms with Crippen molar-refractivity contribution >= 4 is 33.5 Å². The molecule has 0 unspecified atom stereocenters. The van der Waals surface area contributed by atoms with Gasteiger partial charge in [-0.25, -0.2) is 9.59 Å². The van der Waals surface area contributed by atoms with Gasteiger partial charge in [-0.3, -0.25) is 0 Å². The predicted octanol–water partition coefficient (Wildman–Crippen LogP) is 10.8. The molecule has 5 rings (SSSR count). The molecule has 0 N–H and O–H groups in total. The molecule has 0 atom stereocenters. The molecule has 0 aliphatic carbocycles. The summed E-state index contributed by atoms with van der Waals surface area (Å²) in [7, 11) is 0. The van der Waals surface area contributed by atoms with E-state index >= 15 is 0 Å². The number of hydrogen-bond acceptors (Lipinski definition) is 4. The lowest BCUT2D eigenvalue weighted by molar-refractivity contribution is -0.137. The van der Waals surface area contributed by atoms with E-state index in [9.17, 15) is 9.59 Å². The van der Waals surface area contributed by atoms with Crippen molar-refractivity contribution in [2.45, 2.75) is 71.6 Å². The fourth-order valence-corrected chi connectivity index (χ4v) is 6.13.